The van der Waals surface area contributed by atoms with Gasteiger partial charge in [-0.3, -0.25) is 5.32 Å². The largest absolute Gasteiger partial charge is 0.478 e. The van der Waals surface area contributed by atoms with Gasteiger partial charge in [-0.1, -0.05) is 0 Å². The van der Waals surface area contributed by atoms with Gasteiger partial charge in [0, 0.05) is 11.4 Å². The topological polar surface area (TPSA) is 96.9 Å². The van der Waals surface area contributed by atoms with Crippen LogP contribution >= 0.6 is 11.3 Å². The number of carboxylic acid groups (broad SMARTS) is 1. The van der Waals surface area contributed by atoms with Crippen molar-refractivity contribution in [3.63, 3.8) is 0 Å². The molecule has 1 unspecified atom stereocenters. The van der Waals surface area contributed by atoms with E-state index in [2.05, 4.69) is 10.6 Å². The second kappa shape index (κ2) is 6.88. The molecule has 0 aromatic carbocycles. The number of urea groups is 1. The van der Waals surface area contributed by atoms with Crippen LogP contribution < -0.4 is 10.6 Å². The van der Waals surface area contributed by atoms with Gasteiger partial charge in [0.15, 0.2) is 0 Å². The fourth-order valence-corrected chi connectivity index (χ4v) is 3.03. The molecule has 2 amide bonds. The first-order chi connectivity index (χ1) is 9.99. The Morgan fingerprint density at radius 2 is 2.14 bits per heavy atom. The molecule has 8 heteroatoms. The molecule has 2 rings (SSSR count). The van der Waals surface area contributed by atoms with E-state index in [1.54, 1.807) is 6.92 Å². The van der Waals surface area contributed by atoms with Crippen molar-refractivity contribution < 1.29 is 24.2 Å². The number of carbonyl (C=O) groups is 2. The molecule has 3 N–H and O–H groups in total. The average Bonchev–Trinajstić information content (AvgIpc) is 2.72. The van der Waals surface area contributed by atoms with Gasteiger partial charge in [-0.05, 0) is 19.4 Å². The molecule has 0 aliphatic carbocycles. The molecule has 0 radical (unpaired) electrons. The van der Waals surface area contributed by atoms with Gasteiger partial charge >= 0.3 is 12.0 Å². The molecule has 2 heterocycles. The zero-order chi connectivity index (χ0) is 15.4. The third kappa shape index (κ3) is 3.93. The fourth-order valence-electron chi connectivity index (χ4n) is 1.98. The number of carbonyl (C=O) groups excluding carboxylic acids is 1. The molecule has 0 bridgehead atoms. The molecule has 1 aromatic heterocycles. The van der Waals surface area contributed by atoms with Crippen LogP contribution in [0.5, 0.6) is 0 Å². The van der Waals surface area contributed by atoms with E-state index in [0.717, 1.165) is 4.88 Å². The summed E-state index contributed by atoms with van der Waals surface area (Å²) in [6, 6.07) is -0.451. The number of rotatable bonds is 4. The molecular formula is C13H18N2O5S. The van der Waals surface area contributed by atoms with Crippen LogP contribution in [0.3, 0.4) is 0 Å². The van der Waals surface area contributed by atoms with Crippen molar-refractivity contribution in [3.8, 4) is 0 Å². The SMILES string of the molecule is Cc1sc(NC(=O)NCC2COCCO2)c(C(=O)O)c1C. The van der Waals surface area contributed by atoms with Crippen LogP contribution in [0.4, 0.5) is 9.80 Å². The zero-order valence-electron chi connectivity index (χ0n) is 11.9. The Labute approximate surface area is 126 Å². The number of hydrogen-bond donors (Lipinski definition) is 3. The fraction of sp³-hybridized carbons (Fsp3) is 0.538. The molecule has 1 aliphatic heterocycles. The van der Waals surface area contributed by atoms with Crippen molar-refractivity contribution in [2.45, 2.75) is 20.0 Å². The Bertz CT molecular complexity index is 537. The van der Waals surface area contributed by atoms with Crippen LogP contribution in [0.1, 0.15) is 20.8 Å². The molecule has 116 valence electrons. The number of aromatic carboxylic acids is 1. The lowest BCUT2D eigenvalue weighted by atomic mass is 10.1. The third-order valence-electron chi connectivity index (χ3n) is 3.20. The highest BCUT2D eigenvalue weighted by molar-refractivity contribution is 7.16. The van der Waals surface area contributed by atoms with E-state index in [9.17, 15) is 14.7 Å². The summed E-state index contributed by atoms with van der Waals surface area (Å²) in [6.07, 6.45) is -0.171. The van der Waals surface area contributed by atoms with Crippen molar-refractivity contribution in [3.05, 3.63) is 16.0 Å². The van der Waals surface area contributed by atoms with Crippen molar-refractivity contribution in [1.82, 2.24) is 5.32 Å². The van der Waals surface area contributed by atoms with Gasteiger partial charge in [-0.15, -0.1) is 11.3 Å². The first kappa shape index (κ1) is 15.7. The summed E-state index contributed by atoms with van der Waals surface area (Å²) in [5.74, 6) is -1.05. The maximum absolute atomic E-state index is 11.8. The van der Waals surface area contributed by atoms with Gasteiger partial charge in [0.2, 0.25) is 0 Å². The van der Waals surface area contributed by atoms with Crippen molar-refractivity contribution in [2.75, 3.05) is 31.7 Å². The zero-order valence-corrected chi connectivity index (χ0v) is 12.7. The molecule has 1 fully saturated rings. The lowest BCUT2D eigenvalue weighted by Gasteiger charge is -2.23. The van der Waals surface area contributed by atoms with Crippen LogP contribution in [0.15, 0.2) is 0 Å². The second-order valence-corrected chi connectivity index (χ2v) is 5.92. The second-order valence-electron chi connectivity index (χ2n) is 4.70. The van der Waals surface area contributed by atoms with Crippen LogP contribution in [0.2, 0.25) is 0 Å². The summed E-state index contributed by atoms with van der Waals surface area (Å²) in [6.45, 7) is 5.39. The number of amides is 2. The van der Waals surface area contributed by atoms with E-state index in [1.807, 2.05) is 6.92 Å². The Morgan fingerprint density at radius 1 is 1.38 bits per heavy atom. The number of hydrogen-bond acceptors (Lipinski definition) is 5. The van der Waals surface area contributed by atoms with Crippen LogP contribution in [-0.2, 0) is 9.47 Å². The van der Waals surface area contributed by atoms with Gasteiger partial charge in [0.25, 0.3) is 0 Å². The number of thiophene rings is 1. The van der Waals surface area contributed by atoms with E-state index >= 15 is 0 Å². The predicted molar refractivity (Wildman–Crippen MR) is 78.3 cm³/mol. The average molecular weight is 314 g/mol. The lowest BCUT2D eigenvalue weighted by molar-refractivity contribution is -0.0852. The molecule has 1 atom stereocenters. The van der Waals surface area contributed by atoms with E-state index in [1.165, 1.54) is 11.3 Å². The van der Waals surface area contributed by atoms with Gasteiger partial charge in [-0.2, -0.15) is 0 Å². The van der Waals surface area contributed by atoms with Crippen molar-refractivity contribution in [2.24, 2.45) is 0 Å². The number of aryl methyl sites for hydroxylation is 1. The van der Waals surface area contributed by atoms with Gasteiger partial charge in [0.1, 0.15) is 5.00 Å². The molecule has 1 aromatic rings. The normalized spacial score (nSPS) is 18.3. The maximum atomic E-state index is 11.8. The smallest absolute Gasteiger partial charge is 0.338 e. The summed E-state index contributed by atoms with van der Waals surface area (Å²) >= 11 is 1.25. The third-order valence-corrected chi connectivity index (χ3v) is 4.32. The first-order valence-corrected chi connectivity index (χ1v) is 7.38. The highest BCUT2D eigenvalue weighted by Crippen LogP contribution is 2.32. The lowest BCUT2D eigenvalue weighted by Crippen LogP contribution is -2.41. The summed E-state index contributed by atoms with van der Waals surface area (Å²) in [4.78, 5) is 24.0. The number of ether oxygens (including phenoxy) is 2. The highest BCUT2D eigenvalue weighted by atomic mass is 32.1. The summed E-state index contributed by atoms with van der Waals surface area (Å²) < 4.78 is 10.6. The van der Waals surface area contributed by atoms with Crippen LogP contribution in [-0.4, -0.2) is 49.6 Å². The van der Waals surface area contributed by atoms with Gasteiger partial charge in [-0.25, -0.2) is 9.59 Å². The molecule has 21 heavy (non-hydrogen) atoms. The highest BCUT2D eigenvalue weighted by Gasteiger charge is 2.21. The van der Waals surface area contributed by atoms with Crippen LogP contribution in [0.25, 0.3) is 0 Å². The minimum Gasteiger partial charge on any atom is -0.478 e. The van der Waals surface area contributed by atoms with E-state index in [0.29, 0.717) is 36.9 Å². The number of anilines is 1. The van der Waals surface area contributed by atoms with Crippen molar-refractivity contribution >= 4 is 28.3 Å². The Hall–Kier alpha value is -1.64. The molecule has 7 nitrogen and oxygen atoms in total. The Kier molecular flexibility index (Phi) is 5.16. The molecular weight excluding hydrogens is 296 g/mol. The van der Waals surface area contributed by atoms with Crippen LogP contribution in [0, 0.1) is 13.8 Å². The number of carboxylic acids is 1. The van der Waals surface area contributed by atoms with E-state index in [-0.39, 0.29) is 11.7 Å². The van der Waals surface area contributed by atoms with Gasteiger partial charge in [0.05, 0.1) is 31.5 Å². The monoisotopic (exact) mass is 314 g/mol. The molecule has 0 saturated carbocycles. The molecule has 1 saturated heterocycles. The summed E-state index contributed by atoms with van der Waals surface area (Å²) in [5, 5.41) is 14.8. The van der Waals surface area contributed by atoms with E-state index in [4.69, 9.17) is 9.47 Å². The Balaban J connectivity index is 1.93. The minimum atomic E-state index is -1.05. The van der Waals surface area contributed by atoms with E-state index < -0.39 is 12.0 Å². The summed E-state index contributed by atoms with van der Waals surface area (Å²) in [5.41, 5.74) is 0.816. The maximum Gasteiger partial charge on any atom is 0.338 e. The molecule has 1 aliphatic rings. The summed E-state index contributed by atoms with van der Waals surface area (Å²) in [7, 11) is 0. The molecule has 0 spiro atoms. The van der Waals surface area contributed by atoms with Gasteiger partial charge < -0.3 is 19.9 Å². The van der Waals surface area contributed by atoms with Crippen molar-refractivity contribution in [1.29, 1.82) is 0 Å². The first-order valence-electron chi connectivity index (χ1n) is 6.56. The standard InChI is InChI=1S/C13H18N2O5S/c1-7-8(2)21-11(10(7)12(16)17)15-13(18)14-5-9-6-19-3-4-20-9/h9H,3-6H2,1-2H3,(H,16,17)(H2,14,15,18). The Morgan fingerprint density at radius 3 is 2.76 bits per heavy atom. The minimum absolute atomic E-state index is 0.143. The number of nitrogens with one attached hydrogen (secondary N) is 2. The predicted octanol–water partition coefficient (Wildman–Crippen LogP) is 1.60. The quantitative estimate of drug-likeness (QED) is 0.784.